The summed E-state index contributed by atoms with van der Waals surface area (Å²) in [5, 5.41) is 6.02. The van der Waals surface area contributed by atoms with E-state index in [4.69, 9.17) is 21.7 Å². The van der Waals surface area contributed by atoms with Gasteiger partial charge in [-0.05, 0) is 49.0 Å². The molecule has 0 radical (unpaired) electrons. The Kier molecular flexibility index (Phi) is 7.80. The average Bonchev–Trinajstić information content (AvgIpc) is 2.77. The van der Waals surface area contributed by atoms with Gasteiger partial charge in [-0.2, -0.15) is 0 Å². The van der Waals surface area contributed by atoms with Crippen molar-refractivity contribution in [2.24, 2.45) is 0 Å². The Hall–Kier alpha value is -3.38. The summed E-state index contributed by atoms with van der Waals surface area (Å²) in [7, 11) is 0. The summed E-state index contributed by atoms with van der Waals surface area (Å²) in [5.74, 6) is 0.932. The van der Waals surface area contributed by atoms with Crippen LogP contribution in [0, 0.1) is 6.92 Å². The Morgan fingerprint density at radius 2 is 1.53 bits per heavy atom. The quantitative estimate of drug-likeness (QED) is 0.421. The zero-order valence-corrected chi connectivity index (χ0v) is 17.6. The van der Waals surface area contributed by atoms with Gasteiger partial charge in [0.15, 0.2) is 5.11 Å². The summed E-state index contributed by atoms with van der Waals surface area (Å²) < 4.78 is 11.4. The molecule has 0 fully saturated rings. The van der Waals surface area contributed by atoms with E-state index in [9.17, 15) is 4.79 Å². The molecule has 2 N–H and O–H groups in total. The van der Waals surface area contributed by atoms with Crippen LogP contribution >= 0.6 is 12.2 Å². The van der Waals surface area contributed by atoms with Crippen LogP contribution in [0.15, 0.2) is 78.9 Å². The van der Waals surface area contributed by atoms with Gasteiger partial charge in [-0.15, -0.1) is 0 Å². The number of para-hydroxylation sites is 2. The van der Waals surface area contributed by atoms with Gasteiger partial charge >= 0.3 is 0 Å². The molecule has 0 saturated heterocycles. The molecule has 0 spiro atoms. The van der Waals surface area contributed by atoms with Crippen molar-refractivity contribution < 1.29 is 14.3 Å². The van der Waals surface area contributed by atoms with Gasteiger partial charge in [0.1, 0.15) is 24.7 Å². The molecule has 6 heteroatoms. The number of carbonyl (C=O) groups is 1. The zero-order valence-electron chi connectivity index (χ0n) is 16.8. The Morgan fingerprint density at radius 3 is 2.30 bits per heavy atom. The molecular weight excluding hydrogens is 396 g/mol. The van der Waals surface area contributed by atoms with Crippen molar-refractivity contribution in [1.29, 1.82) is 0 Å². The van der Waals surface area contributed by atoms with E-state index in [0.717, 1.165) is 11.3 Å². The minimum atomic E-state index is -0.323. The van der Waals surface area contributed by atoms with Gasteiger partial charge in [-0.25, -0.2) is 0 Å². The Bertz CT molecular complexity index is 975. The van der Waals surface area contributed by atoms with Crippen molar-refractivity contribution in [2.75, 3.05) is 13.2 Å². The smallest absolute Gasteiger partial charge is 0.261 e. The van der Waals surface area contributed by atoms with Crippen LogP contribution in [0.2, 0.25) is 0 Å². The minimum Gasteiger partial charge on any atom is -0.490 e. The second kappa shape index (κ2) is 11.0. The molecule has 3 rings (SSSR count). The maximum absolute atomic E-state index is 12.6. The second-order valence-corrected chi connectivity index (χ2v) is 7.04. The molecule has 154 valence electrons. The van der Waals surface area contributed by atoms with Crippen LogP contribution in [-0.2, 0) is 6.54 Å². The van der Waals surface area contributed by atoms with Gasteiger partial charge < -0.3 is 14.8 Å². The molecule has 0 heterocycles. The zero-order chi connectivity index (χ0) is 21.2. The number of amides is 1. The summed E-state index contributed by atoms with van der Waals surface area (Å²) in [4.78, 5) is 12.6. The van der Waals surface area contributed by atoms with Crippen molar-refractivity contribution in [3.63, 3.8) is 0 Å². The Labute approximate surface area is 182 Å². The highest BCUT2D eigenvalue weighted by atomic mass is 32.1. The van der Waals surface area contributed by atoms with Gasteiger partial charge in [0.25, 0.3) is 5.91 Å². The molecule has 0 aliphatic carbocycles. The van der Waals surface area contributed by atoms with Crippen LogP contribution in [0.25, 0.3) is 0 Å². The lowest BCUT2D eigenvalue weighted by molar-refractivity contribution is 0.0971. The molecule has 30 heavy (non-hydrogen) atoms. The van der Waals surface area contributed by atoms with Crippen LogP contribution in [-0.4, -0.2) is 24.2 Å². The summed E-state index contributed by atoms with van der Waals surface area (Å²) in [6, 6.07) is 24.7. The molecule has 5 nitrogen and oxygen atoms in total. The van der Waals surface area contributed by atoms with E-state index in [0.29, 0.717) is 31.1 Å². The Balaban J connectivity index is 1.49. The van der Waals surface area contributed by atoms with E-state index in [2.05, 4.69) is 10.6 Å². The minimum absolute atomic E-state index is 0.266. The number of aryl methyl sites for hydroxylation is 1. The highest BCUT2D eigenvalue weighted by Gasteiger charge is 2.13. The number of benzene rings is 3. The number of hydrogen-bond acceptors (Lipinski definition) is 4. The van der Waals surface area contributed by atoms with Crippen molar-refractivity contribution in [2.45, 2.75) is 13.5 Å². The number of hydrogen-bond donors (Lipinski definition) is 2. The van der Waals surface area contributed by atoms with Gasteiger partial charge in [0.05, 0.1) is 5.56 Å². The molecule has 0 aliphatic rings. The van der Waals surface area contributed by atoms with E-state index < -0.39 is 0 Å². The fourth-order valence-corrected chi connectivity index (χ4v) is 2.88. The predicted molar refractivity (Wildman–Crippen MR) is 122 cm³/mol. The van der Waals surface area contributed by atoms with Crippen LogP contribution in [0.3, 0.4) is 0 Å². The number of rotatable bonds is 8. The summed E-state index contributed by atoms with van der Waals surface area (Å²) >= 11 is 5.25. The third-order valence-electron chi connectivity index (χ3n) is 4.29. The Morgan fingerprint density at radius 1 is 0.867 bits per heavy atom. The molecule has 0 saturated carbocycles. The van der Waals surface area contributed by atoms with Crippen LogP contribution < -0.4 is 20.1 Å². The maximum Gasteiger partial charge on any atom is 0.261 e. The third-order valence-corrected chi connectivity index (χ3v) is 4.53. The van der Waals surface area contributed by atoms with Crippen molar-refractivity contribution in [3.05, 3.63) is 95.6 Å². The molecule has 3 aromatic rings. The number of carbonyl (C=O) groups excluding carboxylic acids is 1. The van der Waals surface area contributed by atoms with E-state index >= 15 is 0 Å². The lowest BCUT2D eigenvalue weighted by Crippen LogP contribution is -2.39. The van der Waals surface area contributed by atoms with E-state index in [-0.39, 0.29) is 11.0 Å². The molecule has 0 aliphatic heterocycles. The highest BCUT2D eigenvalue weighted by molar-refractivity contribution is 7.80. The molecular formula is C24H24N2O3S. The van der Waals surface area contributed by atoms with Crippen molar-refractivity contribution in [1.82, 2.24) is 10.6 Å². The predicted octanol–water partition coefficient (Wildman–Crippen LogP) is 4.26. The van der Waals surface area contributed by atoms with Crippen LogP contribution in [0.4, 0.5) is 0 Å². The van der Waals surface area contributed by atoms with Crippen LogP contribution in [0.5, 0.6) is 11.5 Å². The lowest BCUT2D eigenvalue weighted by Gasteiger charge is -2.13. The van der Waals surface area contributed by atoms with Gasteiger partial charge in [0, 0.05) is 6.54 Å². The highest BCUT2D eigenvalue weighted by Crippen LogP contribution is 2.18. The molecule has 0 atom stereocenters. The first-order chi connectivity index (χ1) is 14.6. The van der Waals surface area contributed by atoms with Crippen LogP contribution in [0.1, 0.15) is 21.5 Å². The molecule has 0 aromatic heterocycles. The fraction of sp³-hybridized carbons (Fsp3) is 0.167. The first kappa shape index (κ1) is 21.3. The van der Waals surface area contributed by atoms with E-state index in [1.165, 1.54) is 5.56 Å². The van der Waals surface area contributed by atoms with E-state index in [1.54, 1.807) is 18.2 Å². The van der Waals surface area contributed by atoms with E-state index in [1.807, 2.05) is 67.6 Å². The lowest BCUT2D eigenvalue weighted by atomic mass is 10.1. The fourth-order valence-electron chi connectivity index (χ4n) is 2.71. The first-order valence-electron chi connectivity index (χ1n) is 9.66. The summed E-state index contributed by atoms with van der Waals surface area (Å²) in [6.45, 7) is 3.26. The number of nitrogens with one attached hydrogen (secondary N) is 2. The maximum atomic E-state index is 12.6. The topological polar surface area (TPSA) is 59.6 Å². The van der Waals surface area contributed by atoms with Gasteiger partial charge in [-0.3, -0.25) is 10.1 Å². The monoisotopic (exact) mass is 420 g/mol. The first-order valence-corrected chi connectivity index (χ1v) is 10.1. The third kappa shape index (κ3) is 6.60. The number of ether oxygens (including phenoxy) is 2. The summed E-state index contributed by atoms with van der Waals surface area (Å²) in [5.41, 5.74) is 2.69. The van der Waals surface area contributed by atoms with Gasteiger partial charge in [0.2, 0.25) is 0 Å². The standard InChI is InChI=1S/C24H24N2O3S/c1-18-11-13-19(14-12-18)17-25-24(30)26-23(27)21-9-5-6-10-22(21)29-16-15-28-20-7-3-2-4-8-20/h2-14H,15-17H2,1H3,(H2,25,26,27,30). The van der Waals surface area contributed by atoms with Gasteiger partial charge in [-0.1, -0.05) is 60.2 Å². The van der Waals surface area contributed by atoms with Crippen molar-refractivity contribution in [3.8, 4) is 11.5 Å². The second-order valence-electron chi connectivity index (χ2n) is 6.63. The molecule has 3 aromatic carbocycles. The molecule has 0 unspecified atom stereocenters. The summed E-state index contributed by atoms with van der Waals surface area (Å²) in [6.07, 6.45) is 0. The normalized spacial score (nSPS) is 10.2. The molecule has 1 amide bonds. The van der Waals surface area contributed by atoms with Crippen molar-refractivity contribution >= 4 is 23.2 Å². The number of thiocarbonyl (C=S) groups is 1. The SMILES string of the molecule is Cc1ccc(CNC(=S)NC(=O)c2ccccc2OCCOc2ccccc2)cc1. The molecule has 0 bridgehead atoms. The largest absolute Gasteiger partial charge is 0.490 e. The average molecular weight is 421 g/mol.